The number of nitrogens with one attached hydrogen (secondary N) is 1. The van der Waals surface area contributed by atoms with Gasteiger partial charge in [-0.1, -0.05) is 23.7 Å². The molecule has 4 rings (SSSR count). The molecule has 0 aliphatic carbocycles. The van der Waals surface area contributed by atoms with E-state index >= 15 is 0 Å². The fourth-order valence-corrected chi connectivity index (χ4v) is 3.73. The molecular weight excluding hydrogens is 412 g/mol. The lowest BCUT2D eigenvalue weighted by Crippen LogP contribution is -2.28. The number of nitrogens with zero attached hydrogens (tertiary/aromatic N) is 1. The minimum Gasteiger partial charge on any atom is -0.457 e. The van der Waals surface area contributed by atoms with E-state index in [1.54, 1.807) is 35.2 Å². The second-order valence-corrected chi connectivity index (χ2v) is 8.18. The Bertz CT molecular complexity index is 1130. The summed E-state index contributed by atoms with van der Waals surface area (Å²) in [7, 11) is 0. The van der Waals surface area contributed by atoms with Gasteiger partial charge in [-0.05, 0) is 79.6 Å². The molecule has 158 valence electrons. The van der Waals surface area contributed by atoms with Crippen LogP contribution in [0.3, 0.4) is 0 Å². The van der Waals surface area contributed by atoms with Crippen molar-refractivity contribution >= 4 is 34.8 Å². The van der Waals surface area contributed by atoms with Crippen LogP contribution < -0.4 is 15.0 Å². The molecule has 3 aromatic rings. The molecule has 1 aliphatic rings. The van der Waals surface area contributed by atoms with Gasteiger partial charge in [0.15, 0.2) is 0 Å². The zero-order valence-corrected chi connectivity index (χ0v) is 18.1. The van der Waals surface area contributed by atoms with E-state index < -0.39 is 5.92 Å². The van der Waals surface area contributed by atoms with E-state index in [0.29, 0.717) is 28.7 Å². The second kappa shape index (κ2) is 8.82. The SMILES string of the molecule is Cc1ccc(Oc2ccc(NC(=O)[C@@H]3CC(=O)N(c4cccc(Cl)c4)C3)cc2)cc1C. The molecule has 31 heavy (non-hydrogen) atoms. The number of halogens is 1. The van der Waals surface area contributed by atoms with Crippen LogP contribution in [0, 0.1) is 19.8 Å². The van der Waals surface area contributed by atoms with Crippen molar-refractivity contribution in [2.75, 3.05) is 16.8 Å². The van der Waals surface area contributed by atoms with E-state index in [2.05, 4.69) is 12.2 Å². The van der Waals surface area contributed by atoms with Gasteiger partial charge in [0.25, 0.3) is 0 Å². The highest BCUT2D eigenvalue weighted by atomic mass is 35.5. The highest BCUT2D eigenvalue weighted by Crippen LogP contribution is 2.29. The van der Waals surface area contributed by atoms with Crippen molar-refractivity contribution in [3.05, 3.63) is 82.9 Å². The number of hydrogen-bond acceptors (Lipinski definition) is 3. The first kappa shape index (κ1) is 20.9. The van der Waals surface area contributed by atoms with Crippen molar-refractivity contribution in [1.29, 1.82) is 0 Å². The zero-order valence-electron chi connectivity index (χ0n) is 17.4. The average Bonchev–Trinajstić information content (AvgIpc) is 3.14. The highest BCUT2D eigenvalue weighted by molar-refractivity contribution is 6.31. The van der Waals surface area contributed by atoms with Gasteiger partial charge in [-0.15, -0.1) is 0 Å². The highest BCUT2D eigenvalue weighted by Gasteiger charge is 2.35. The van der Waals surface area contributed by atoms with E-state index in [1.807, 2.05) is 43.3 Å². The fraction of sp³-hybridized carbons (Fsp3) is 0.200. The van der Waals surface area contributed by atoms with Crippen LogP contribution in [-0.2, 0) is 9.59 Å². The van der Waals surface area contributed by atoms with E-state index in [1.165, 1.54) is 11.1 Å². The third-order valence-electron chi connectivity index (χ3n) is 5.45. The number of carbonyl (C=O) groups is 2. The van der Waals surface area contributed by atoms with Gasteiger partial charge in [0, 0.05) is 29.4 Å². The minimum absolute atomic E-state index is 0.0837. The van der Waals surface area contributed by atoms with Gasteiger partial charge in [0.2, 0.25) is 11.8 Å². The van der Waals surface area contributed by atoms with Crippen molar-refractivity contribution in [2.45, 2.75) is 20.3 Å². The molecule has 1 atom stereocenters. The monoisotopic (exact) mass is 434 g/mol. The minimum atomic E-state index is -0.419. The number of ether oxygens (including phenoxy) is 1. The Morgan fingerprint density at radius 1 is 1.00 bits per heavy atom. The maximum atomic E-state index is 12.7. The van der Waals surface area contributed by atoms with Gasteiger partial charge in [-0.25, -0.2) is 0 Å². The Kier molecular flexibility index (Phi) is 5.96. The van der Waals surface area contributed by atoms with Crippen LogP contribution in [0.4, 0.5) is 11.4 Å². The van der Waals surface area contributed by atoms with E-state index in [0.717, 1.165) is 5.75 Å². The first-order chi connectivity index (χ1) is 14.9. The van der Waals surface area contributed by atoms with E-state index in [9.17, 15) is 9.59 Å². The van der Waals surface area contributed by atoms with Crippen molar-refractivity contribution in [1.82, 2.24) is 0 Å². The molecule has 1 heterocycles. The van der Waals surface area contributed by atoms with Crippen LogP contribution in [0.5, 0.6) is 11.5 Å². The number of hydrogen-bond donors (Lipinski definition) is 1. The van der Waals surface area contributed by atoms with Crippen LogP contribution >= 0.6 is 11.6 Å². The van der Waals surface area contributed by atoms with Gasteiger partial charge >= 0.3 is 0 Å². The Labute approximate surface area is 186 Å². The number of amides is 2. The van der Waals surface area contributed by atoms with Gasteiger partial charge in [0.1, 0.15) is 11.5 Å². The molecule has 1 fully saturated rings. The summed E-state index contributed by atoms with van der Waals surface area (Å²) in [6.45, 7) is 4.43. The van der Waals surface area contributed by atoms with Crippen LogP contribution in [-0.4, -0.2) is 18.4 Å². The standard InChI is InChI=1S/C25H23ClN2O3/c1-16-6-9-23(12-17(16)2)31-22-10-7-20(8-11-22)27-25(30)18-13-24(29)28(15-18)21-5-3-4-19(26)14-21/h3-12,14,18H,13,15H2,1-2H3,(H,27,30)/t18-/m1/s1. The van der Waals surface area contributed by atoms with Gasteiger partial charge < -0.3 is 15.0 Å². The normalized spacial score (nSPS) is 15.8. The molecule has 1 saturated heterocycles. The summed E-state index contributed by atoms with van der Waals surface area (Å²) in [5, 5.41) is 3.45. The van der Waals surface area contributed by atoms with Crippen molar-refractivity contribution in [3.8, 4) is 11.5 Å². The first-order valence-corrected chi connectivity index (χ1v) is 10.5. The summed E-state index contributed by atoms with van der Waals surface area (Å²) < 4.78 is 5.89. The molecular formula is C25H23ClN2O3. The quantitative estimate of drug-likeness (QED) is 0.557. The van der Waals surface area contributed by atoms with Crippen molar-refractivity contribution < 1.29 is 14.3 Å². The summed E-state index contributed by atoms with van der Waals surface area (Å²) in [6, 6.07) is 20.2. The molecule has 5 nitrogen and oxygen atoms in total. The molecule has 3 aromatic carbocycles. The molecule has 0 unspecified atom stereocenters. The Hall–Kier alpha value is -3.31. The van der Waals surface area contributed by atoms with Gasteiger partial charge in [0.05, 0.1) is 5.92 Å². The van der Waals surface area contributed by atoms with Gasteiger partial charge in [-0.2, -0.15) is 0 Å². The third-order valence-corrected chi connectivity index (χ3v) is 5.69. The predicted molar refractivity (Wildman–Crippen MR) is 123 cm³/mol. The number of carbonyl (C=O) groups excluding carboxylic acids is 2. The zero-order chi connectivity index (χ0) is 22.0. The smallest absolute Gasteiger partial charge is 0.229 e. The van der Waals surface area contributed by atoms with E-state index in [-0.39, 0.29) is 18.2 Å². The molecule has 1 N–H and O–H groups in total. The van der Waals surface area contributed by atoms with Crippen LogP contribution in [0.2, 0.25) is 5.02 Å². The van der Waals surface area contributed by atoms with Gasteiger partial charge in [-0.3, -0.25) is 9.59 Å². The van der Waals surface area contributed by atoms with Crippen LogP contribution in [0.1, 0.15) is 17.5 Å². The molecule has 0 radical (unpaired) electrons. The van der Waals surface area contributed by atoms with E-state index in [4.69, 9.17) is 16.3 Å². The predicted octanol–water partition coefficient (Wildman–Crippen LogP) is 5.74. The summed E-state index contributed by atoms with van der Waals surface area (Å²) in [5.41, 5.74) is 3.75. The summed E-state index contributed by atoms with van der Waals surface area (Å²) in [5.74, 6) is 0.771. The second-order valence-electron chi connectivity index (χ2n) is 7.75. The first-order valence-electron chi connectivity index (χ1n) is 10.1. The summed E-state index contributed by atoms with van der Waals surface area (Å²) >= 11 is 6.03. The van der Waals surface area contributed by atoms with Crippen LogP contribution in [0.25, 0.3) is 0 Å². The Morgan fingerprint density at radius 2 is 1.74 bits per heavy atom. The largest absolute Gasteiger partial charge is 0.457 e. The van der Waals surface area contributed by atoms with Crippen LogP contribution in [0.15, 0.2) is 66.7 Å². The molecule has 2 amide bonds. The Balaban J connectivity index is 1.37. The molecule has 0 spiro atoms. The molecule has 1 aliphatic heterocycles. The Morgan fingerprint density at radius 3 is 2.45 bits per heavy atom. The molecule has 0 aromatic heterocycles. The number of aryl methyl sites for hydroxylation is 2. The maximum Gasteiger partial charge on any atom is 0.229 e. The molecule has 0 saturated carbocycles. The lowest BCUT2D eigenvalue weighted by atomic mass is 10.1. The fourth-order valence-electron chi connectivity index (χ4n) is 3.54. The number of benzene rings is 3. The van der Waals surface area contributed by atoms with Crippen molar-refractivity contribution in [3.63, 3.8) is 0 Å². The number of rotatable bonds is 5. The lowest BCUT2D eigenvalue weighted by Gasteiger charge is -2.17. The molecule has 6 heteroatoms. The average molecular weight is 435 g/mol. The molecule has 0 bridgehead atoms. The number of anilines is 2. The third kappa shape index (κ3) is 4.89. The summed E-state index contributed by atoms with van der Waals surface area (Å²) in [6.07, 6.45) is 0.173. The maximum absolute atomic E-state index is 12.7. The summed E-state index contributed by atoms with van der Waals surface area (Å²) in [4.78, 5) is 26.7. The van der Waals surface area contributed by atoms with Crippen molar-refractivity contribution in [2.24, 2.45) is 5.92 Å². The topological polar surface area (TPSA) is 58.6 Å². The lowest BCUT2D eigenvalue weighted by molar-refractivity contribution is -0.122.